The van der Waals surface area contributed by atoms with E-state index >= 15 is 0 Å². The predicted molar refractivity (Wildman–Crippen MR) is 77.9 cm³/mol. The number of carbonyl (C=O) groups excluding carboxylic acids is 1. The van der Waals surface area contributed by atoms with Crippen LogP contribution in [0.3, 0.4) is 0 Å². The molecule has 0 radical (unpaired) electrons. The molecule has 0 aromatic heterocycles. The number of hydrogen-bond acceptors (Lipinski definition) is 3. The molecule has 0 aliphatic heterocycles. The molecule has 0 atom stereocenters. The van der Waals surface area contributed by atoms with Crippen LogP contribution < -0.4 is 4.74 Å². The summed E-state index contributed by atoms with van der Waals surface area (Å²) in [4.78, 5) is 14.3. The van der Waals surface area contributed by atoms with Gasteiger partial charge in [-0.2, -0.15) is 0 Å². The Kier molecular flexibility index (Phi) is 5.01. The number of nitrogens with zero attached hydrogens (tertiary/aromatic N) is 1. The third kappa shape index (κ3) is 3.31. The second-order valence-corrected chi connectivity index (χ2v) is 5.39. The minimum absolute atomic E-state index is 0.0210. The number of carbonyl (C=O) groups is 1. The highest BCUT2D eigenvalue weighted by molar-refractivity contribution is 5.80. The molecule has 1 aliphatic carbocycles. The molecule has 1 aromatic carbocycles. The molecule has 2 rings (SSSR count). The van der Waals surface area contributed by atoms with Gasteiger partial charge in [-0.15, -0.1) is 0 Å². The summed E-state index contributed by atoms with van der Waals surface area (Å²) in [6, 6.07) is 6.18. The van der Waals surface area contributed by atoms with Gasteiger partial charge in [-0.25, -0.2) is 0 Å². The molecule has 1 amide bonds. The zero-order valence-corrected chi connectivity index (χ0v) is 12.3. The Morgan fingerprint density at radius 2 is 2.20 bits per heavy atom. The van der Waals surface area contributed by atoms with E-state index in [1.165, 1.54) is 6.42 Å². The van der Waals surface area contributed by atoms with Gasteiger partial charge in [-0.05, 0) is 32.3 Å². The Morgan fingerprint density at radius 1 is 1.45 bits per heavy atom. The lowest BCUT2D eigenvalue weighted by molar-refractivity contribution is -0.135. The molecule has 0 spiro atoms. The van der Waals surface area contributed by atoms with E-state index in [4.69, 9.17) is 9.84 Å². The summed E-state index contributed by atoms with van der Waals surface area (Å²) in [5.74, 6) is 0.828. The summed E-state index contributed by atoms with van der Waals surface area (Å²) < 4.78 is 5.32. The number of methoxy groups -OCH3 is 1. The van der Waals surface area contributed by atoms with Crippen molar-refractivity contribution in [1.82, 2.24) is 4.90 Å². The fourth-order valence-corrected chi connectivity index (χ4v) is 2.63. The van der Waals surface area contributed by atoms with Gasteiger partial charge in [-0.1, -0.05) is 17.7 Å². The van der Waals surface area contributed by atoms with Crippen LogP contribution in [-0.2, 0) is 11.2 Å². The Balaban J connectivity index is 2.10. The smallest absolute Gasteiger partial charge is 0.227 e. The van der Waals surface area contributed by atoms with Gasteiger partial charge in [0.25, 0.3) is 0 Å². The van der Waals surface area contributed by atoms with Crippen molar-refractivity contribution in [1.29, 1.82) is 0 Å². The van der Waals surface area contributed by atoms with Crippen molar-refractivity contribution < 1.29 is 14.6 Å². The topological polar surface area (TPSA) is 49.8 Å². The van der Waals surface area contributed by atoms with Crippen LogP contribution in [0.4, 0.5) is 0 Å². The number of ether oxygens (including phenoxy) is 1. The monoisotopic (exact) mass is 277 g/mol. The third-order valence-electron chi connectivity index (χ3n) is 3.95. The number of hydrogen-bond donors (Lipinski definition) is 1. The maximum absolute atomic E-state index is 12.5. The first-order valence-corrected chi connectivity index (χ1v) is 7.19. The Hall–Kier alpha value is -1.55. The van der Waals surface area contributed by atoms with Crippen LogP contribution in [0.5, 0.6) is 5.75 Å². The van der Waals surface area contributed by atoms with Crippen molar-refractivity contribution in [3.05, 3.63) is 29.3 Å². The van der Waals surface area contributed by atoms with E-state index in [1.807, 2.05) is 30.0 Å². The molecule has 1 aromatic rings. The summed E-state index contributed by atoms with van der Waals surface area (Å²) in [6.07, 6.45) is 3.61. The van der Waals surface area contributed by atoms with Crippen LogP contribution >= 0.6 is 0 Å². The molecule has 110 valence electrons. The molecular formula is C16H23NO3. The van der Waals surface area contributed by atoms with Gasteiger partial charge >= 0.3 is 0 Å². The molecule has 20 heavy (non-hydrogen) atoms. The number of benzene rings is 1. The van der Waals surface area contributed by atoms with Crippen LogP contribution in [0, 0.1) is 6.92 Å². The highest BCUT2D eigenvalue weighted by Gasteiger charge is 2.28. The number of amides is 1. The molecule has 4 heteroatoms. The molecule has 1 saturated carbocycles. The number of rotatable bonds is 6. The van der Waals surface area contributed by atoms with Gasteiger partial charge in [0.05, 0.1) is 20.1 Å². The van der Waals surface area contributed by atoms with Crippen molar-refractivity contribution in [3.8, 4) is 5.75 Å². The van der Waals surface area contributed by atoms with Crippen molar-refractivity contribution in [3.63, 3.8) is 0 Å². The van der Waals surface area contributed by atoms with Gasteiger partial charge in [-0.3, -0.25) is 4.79 Å². The Morgan fingerprint density at radius 3 is 2.75 bits per heavy atom. The average Bonchev–Trinajstić information content (AvgIpc) is 2.36. The molecule has 0 bridgehead atoms. The zero-order valence-electron chi connectivity index (χ0n) is 12.3. The van der Waals surface area contributed by atoms with E-state index in [1.54, 1.807) is 7.11 Å². The first-order chi connectivity index (χ1) is 9.65. The first-order valence-electron chi connectivity index (χ1n) is 7.19. The number of aliphatic hydroxyl groups is 1. The van der Waals surface area contributed by atoms with E-state index in [2.05, 4.69) is 0 Å². The summed E-state index contributed by atoms with van der Waals surface area (Å²) in [7, 11) is 1.62. The van der Waals surface area contributed by atoms with Gasteiger partial charge in [0.2, 0.25) is 5.91 Å². The van der Waals surface area contributed by atoms with E-state index in [-0.39, 0.29) is 12.5 Å². The van der Waals surface area contributed by atoms with E-state index in [9.17, 15) is 4.79 Å². The normalized spacial score (nSPS) is 14.8. The first kappa shape index (κ1) is 14.9. The number of aliphatic hydroxyl groups excluding tert-OH is 1. The van der Waals surface area contributed by atoms with Gasteiger partial charge < -0.3 is 14.7 Å². The van der Waals surface area contributed by atoms with Crippen LogP contribution in [0.25, 0.3) is 0 Å². The van der Waals surface area contributed by atoms with Crippen LogP contribution in [0.1, 0.15) is 30.4 Å². The quantitative estimate of drug-likeness (QED) is 0.864. The van der Waals surface area contributed by atoms with Crippen molar-refractivity contribution >= 4 is 5.91 Å². The molecular weight excluding hydrogens is 254 g/mol. The van der Waals surface area contributed by atoms with E-state index in [0.717, 1.165) is 29.7 Å². The largest absolute Gasteiger partial charge is 0.496 e. The molecule has 1 N–H and O–H groups in total. The summed E-state index contributed by atoms with van der Waals surface area (Å²) >= 11 is 0. The fourth-order valence-electron chi connectivity index (χ4n) is 2.63. The maximum atomic E-state index is 12.5. The molecule has 0 unspecified atom stereocenters. The van der Waals surface area contributed by atoms with Crippen LogP contribution in [-0.4, -0.2) is 42.2 Å². The highest BCUT2D eigenvalue weighted by Crippen LogP contribution is 2.26. The third-order valence-corrected chi connectivity index (χ3v) is 3.95. The minimum atomic E-state index is 0.0210. The lowest BCUT2D eigenvalue weighted by atomic mass is 9.91. The predicted octanol–water partition coefficient (Wildman–Crippen LogP) is 1.92. The SMILES string of the molecule is COc1ccc(C)cc1CC(=O)N(CCO)C1CCC1. The standard InChI is InChI=1S/C16H23NO3/c1-12-6-7-15(20-2)13(10-12)11-16(19)17(8-9-18)14-4-3-5-14/h6-7,10,14,18H,3-5,8-9,11H2,1-2H3. The zero-order chi connectivity index (χ0) is 14.5. The lowest BCUT2D eigenvalue weighted by Crippen LogP contribution is -2.46. The van der Waals surface area contributed by atoms with Crippen LogP contribution in [0.2, 0.25) is 0 Å². The van der Waals surface area contributed by atoms with Gasteiger partial charge in [0.1, 0.15) is 5.75 Å². The van der Waals surface area contributed by atoms with Gasteiger partial charge in [0, 0.05) is 18.2 Å². The molecule has 1 aliphatic rings. The summed E-state index contributed by atoms with van der Waals surface area (Å²) in [5, 5.41) is 9.15. The average molecular weight is 277 g/mol. The molecule has 4 nitrogen and oxygen atoms in total. The molecule has 0 heterocycles. The van der Waals surface area contributed by atoms with Crippen molar-refractivity contribution in [2.75, 3.05) is 20.3 Å². The summed E-state index contributed by atoms with van der Waals surface area (Å²) in [6.45, 7) is 2.45. The fraction of sp³-hybridized carbons (Fsp3) is 0.562. The second kappa shape index (κ2) is 6.75. The second-order valence-electron chi connectivity index (χ2n) is 5.39. The van der Waals surface area contributed by atoms with E-state index < -0.39 is 0 Å². The lowest BCUT2D eigenvalue weighted by Gasteiger charge is -2.37. The highest BCUT2D eigenvalue weighted by atomic mass is 16.5. The number of aryl methyl sites for hydroxylation is 1. The molecule has 1 fully saturated rings. The Bertz CT molecular complexity index is 469. The maximum Gasteiger partial charge on any atom is 0.227 e. The van der Waals surface area contributed by atoms with Crippen LogP contribution in [0.15, 0.2) is 18.2 Å². The molecule has 0 saturated heterocycles. The van der Waals surface area contributed by atoms with Gasteiger partial charge in [0.15, 0.2) is 0 Å². The van der Waals surface area contributed by atoms with E-state index in [0.29, 0.717) is 19.0 Å². The van der Waals surface area contributed by atoms with Crippen molar-refractivity contribution in [2.45, 2.75) is 38.6 Å². The summed E-state index contributed by atoms with van der Waals surface area (Å²) in [5.41, 5.74) is 2.03. The minimum Gasteiger partial charge on any atom is -0.496 e. The van der Waals surface area contributed by atoms with Crippen molar-refractivity contribution in [2.24, 2.45) is 0 Å². The Labute approximate surface area is 120 Å².